The Morgan fingerprint density at radius 3 is 2.52 bits per heavy atom. The summed E-state index contributed by atoms with van der Waals surface area (Å²) >= 11 is 0. The number of nitrogens with zero attached hydrogens (tertiary/aromatic N) is 2. The SMILES string of the molecule is Cc1noc(C)c1COc1ccc(CC(=O)N2CCC(NCC3CC3)CC2)cc1. The van der Waals surface area contributed by atoms with E-state index in [1.54, 1.807) is 0 Å². The number of amides is 1. The van der Waals surface area contributed by atoms with E-state index in [1.165, 1.54) is 12.8 Å². The number of aryl methyl sites for hydroxylation is 2. The second-order valence-electron chi connectivity index (χ2n) is 8.42. The van der Waals surface area contributed by atoms with Gasteiger partial charge in [-0.25, -0.2) is 0 Å². The van der Waals surface area contributed by atoms with Gasteiger partial charge < -0.3 is 19.5 Å². The molecule has 6 heteroatoms. The second-order valence-corrected chi connectivity index (χ2v) is 8.42. The van der Waals surface area contributed by atoms with Crippen molar-refractivity contribution in [2.75, 3.05) is 19.6 Å². The van der Waals surface area contributed by atoms with Crippen LogP contribution in [0.2, 0.25) is 0 Å². The van der Waals surface area contributed by atoms with E-state index >= 15 is 0 Å². The predicted molar refractivity (Wildman–Crippen MR) is 111 cm³/mol. The molecule has 156 valence electrons. The molecule has 0 bridgehead atoms. The molecule has 1 saturated carbocycles. The first-order valence-corrected chi connectivity index (χ1v) is 10.7. The highest BCUT2D eigenvalue weighted by atomic mass is 16.5. The highest BCUT2D eigenvalue weighted by molar-refractivity contribution is 5.78. The van der Waals surface area contributed by atoms with Gasteiger partial charge in [-0.1, -0.05) is 17.3 Å². The van der Waals surface area contributed by atoms with Gasteiger partial charge in [0, 0.05) is 19.1 Å². The molecule has 1 aromatic heterocycles. The molecular weight excluding hydrogens is 366 g/mol. The number of rotatable bonds is 8. The van der Waals surface area contributed by atoms with Crippen LogP contribution in [0.1, 0.15) is 48.3 Å². The molecule has 1 N–H and O–H groups in total. The van der Waals surface area contributed by atoms with Crippen molar-refractivity contribution in [2.45, 2.75) is 58.6 Å². The van der Waals surface area contributed by atoms with Gasteiger partial charge in [0.15, 0.2) is 0 Å². The summed E-state index contributed by atoms with van der Waals surface area (Å²) in [6.07, 6.45) is 5.34. The Morgan fingerprint density at radius 1 is 1.17 bits per heavy atom. The zero-order valence-electron chi connectivity index (χ0n) is 17.4. The van der Waals surface area contributed by atoms with Crippen molar-refractivity contribution in [3.63, 3.8) is 0 Å². The largest absolute Gasteiger partial charge is 0.489 e. The summed E-state index contributed by atoms with van der Waals surface area (Å²) in [7, 11) is 0. The van der Waals surface area contributed by atoms with Crippen molar-refractivity contribution in [1.82, 2.24) is 15.4 Å². The van der Waals surface area contributed by atoms with Crippen LogP contribution < -0.4 is 10.1 Å². The Balaban J connectivity index is 1.21. The Bertz CT molecular complexity index is 799. The predicted octanol–water partition coefficient (Wildman–Crippen LogP) is 3.40. The van der Waals surface area contributed by atoms with E-state index < -0.39 is 0 Å². The van der Waals surface area contributed by atoms with Crippen molar-refractivity contribution < 1.29 is 14.1 Å². The molecule has 6 nitrogen and oxygen atoms in total. The van der Waals surface area contributed by atoms with E-state index in [-0.39, 0.29) is 5.91 Å². The van der Waals surface area contributed by atoms with Crippen LogP contribution in [0.25, 0.3) is 0 Å². The first-order chi connectivity index (χ1) is 14.1. The number of hydrogen-bond donors (Lipinski definition) is 1. The van der Waals surface area contributed by atoms with Crippen LogP contribution in [0.5, 0.6) is 5.75 Å². The van der Waals surface area contributed by atoms with E-state index in [0.29, 0.717) is 19.1 Å². The van der Waals surface area contributed by atoms with Crippen molar-refractivity contribution >= 4 is 5.91 Å². The van der Waals surface area contributed by atoms with Crippen LogP contribution in [-0.2, 0) is 17.8 Å². The lowest BCUT2D eigenvalue weighted by Gasteiger charge is -2.32. The van der Waals surface area contributed by atoms with E-state index in [2.05, 4.69) is 10.5 Å². The van der Waals surface area contributed by atoms with Gasteiger partial charge in [-0.2, -0.15) is 0 Å². The number of carbonyl (C=O) groups is 1. The standard InChI is InChI=1S/C23H31N3O3/c1-16-22(17(2)29-25-16)15-28-21-7-5-18(6-8-21)13-23(27)26-11-9-20(10-12-26)24-14-19-3-4-19/h5-8,19-20,24H,3-4,9-15H2,1-2H3. The molecule has 2 aliphatic rings. The van der Waals surface area contributed by atoms with Crippen LogP contribution in [0, 0.1) is 19.8 Å². The Morgan fingerprint density at radius 2 is 1.90 bits per heavy atom. The fourth-order valence-electron chi connectivity index (χ4n) is 3.84. The van der Waals surface area contributed by atoms with Crippen molar-refractivity contribution in [1.29, 1.82) is 0 Å². The summed E-state index contributed by atoms with van der Waals surface area (Å²) in [4.78, 5) is 14.7. The van der Waals surface area contributed by atoms with Gasteiger partial charge in [0.1, 0.15) is 18.1 Å². The molecule has 1 saturated heterocycles. The summed E-state index contributed by atoms with van der Waals surface area (Å²) in [6, 6.07) is 8.38. The second kappa shape index (κ2) is 8.99. The van der Waals surface area contributed by atoms with Crippen LogP contribution in [-0.4, -0.2) is 41.6 Å². The van der Waals surface area contributed by atoms with E-state index in [9.17, 15) is 4.79 Å². The Labute approximate surface area is 172 Å². The lowest BCUT2D eigenvalue weighted by molar-refractivity contribution is -0.131. The summed E-state index contributed by atoms with van der Waals surface area (Å²) in [5, 5.41) is 7.61. The summed E-state index contributed by atoms with van der Waals surface area (Å²) in [6.45, 7) is 7.11. The summed E-state index contributed by atoms with van der Waals surface area (Å²) in [5.41, 5.74) is 2.86. The minimum absolute atomic E-state index is 0.218. The molecule has 0 atom stereocenters. The first kappa shape index (κ1) is 20.0. The number of likely N-dealkylation sites (tertiary alicyclic amines) is 1. The maximum Gasteiger partial charge on any atom is 0.226 e. The minimum Gasteiger partial charge on any atom is -0.489 e. The number of ether oxygens (including phenoxy) is 1. The van der Waals surface area contributed by atoms with Crippen LogP contribution in [0.15, 0.2) is 28.8 Å². The average molecular weight is 398 g/mol. The Kier molecular flexibility index (Phi) is 6.19. The number of nitrogens with one attached hydrogen (secondary N) is 1. The molecule has 0 spiro atoms. The lowest BCUT2D eigenvalue weighted by Crippen LogP contribution is -2.45. The van der Waals surface area contributed by atoms with Gasteiger partial charge in [0.2, 0.25) is 5.91 Å². The topological polar surface area (TPSA) is 67.6 Å². The third kappa shape index (κ3) is 5.38. The van der Waals surface area contributed by atoms with Crippen molar-refractivity contribution in [3.05, 3.63) is 46.8 Å². The van der Waals surface area contributed by atoms with Crippen molar-refractivity contribution in [3.8, 4) is 5.75 Å². The monoisotopic (exact) mass is 397 g/mol. The molecule has 1 amide bonds. The molecule has 1 aliphatic heterocycles. The number of carbonyl (C=O) groups excluding carboxylic acids is 1. The average Bonchev–Trinajstić information content (AvgIpc) is 3.51. The normalized spacial score (nSPS) is 17.5. The number of hydrogen-bond acceptors (Lipinski definition) is 5. The third-order valence-corrected chi connectivity index (χ3v) is 6.08. The van der Waals surface area contributed by atoms with Gasteiger partial charge in [-0.15, -0.1) is 0 Å². The van der Waals surface area contributed by atoms with Gasteiger partial charge >= 0.3 is 0 Å². The molecule has 2 fully saturated rings. The zero-order chi connectivity index (χ0) is 20.2. The minimum atomic E-state index is 0.218. The van der Waals surface area contributed by atoms with Crippen LogP contribution in [0.3, 0.4) is 0 Å². The maximum atomic E-state index is 12.6. The molecule has 0 unspecified atom stereocenters. The summed E-state index contributed by atoms with van der Waals surface area (Å²) < 4.78 is 11.0. The molecule has 0 radical (unpaired) electrons. The van der Waals surface area contributed by atoms with Crippen LogP contribution in [0.4, 0.5) is 0 Å². The highest BCUT2D eigenvalue weighted by Gasteiger charge is 2.25. The fraction of sp³-hybridized carbons (Fsp3) is 0.565. The summed E-state index contributed by atoms with van der Waals surface area (Å²) in [5.74, 6) is 2.70. The zero-order valence-corrected chi connectivity index (χ0v) is 17.4. The van der Waals surface area contributed by atoms with Crippen LogP contribution >= 0.6 is 0 Å². The van der Waals surface area contributed by atoms with Gasteiger partial charge in [0.05, 0.1) is 17.7 Å². The van der Waals surface area contributed by atoms with Gasteiger partial charge in [-0.3, -0.25) is 4.79 Å². The number of piperidine rings is 1. The first-order valence-electron chi connectivity index (χ1n) is 10.7. The fourth-order valence-corrected chi connectivity index (χ4v) is 3.84. The maximum absolute atomic E-state index is 12.6. The van der Waals surface area contributed by atoms with Gasteiger partial charge in [-0.05, 0) is 69.7 Å². The lowest BCUT2D eigenvalue weighted by atomic mass is 10.0. The van der Waals surface area contributed by atoms with Crippen molar-refractivity contribution in [2.24, 2.45) is 5.92 Å². The van der Waals surface area contributed by atoms with E-state index in [4.69, 9.17) is 9.26 Å². The third-order valence-electron chi connectivity index (χ3n) is 6.08. The number of aromatic nitrogens is 1. The molecule has 29 heavy (non-hydrogen) atoms. The quantitative estimate of drug-likeness (QED) is 0.739. The Hall–Kier alpha value is -2.34. The molecule has 1 aliphatic carbocycles. The molecule has 4 rings (SSSR count). The van der Waals surface area contributed by atoms with E-state index in [0.717, 1.165) is 66.7 Å². The molecule has 1 aromatic carbocycles. The molecular formula is C23H31N3O3. The van der Waals surface area contributed by atoms with E-state index in [1.807, 2.05) is 43.0 Å². The smallest absolute Gasteiger partial charge is 0.226 e. The highest BCUT2D eigenvalue weighted by Crippen LogP contribution is 2.28. The van der Waals surface area contributed by atoms with Gasteiger partial charge in [0.25, 0.3) is 0 Å². The number of benzene rings is 1. The molecule has 2 heterocycles. The molecule has 2 aromatic rings.